The van der Waals surface area contributed by atoms with E-state index in [0.717, 1.165) is 46.7 Å². The van der Waals surface area contributed by atoms with Gasteiger partial charge in [-0.15, -0.1) is 0 Å². The number of ether oxygens (including phenoxy) is 3. The molecule has 1 aliphatic rings. The van der Waals surface area contributed by atoms with Crippen molar-refractivity contribution >= 4 is 17.9 Å². The predicted octanol–water partition coefficient (Wildman–Crippen LogP) is 6.81. The van der Waals surface area contributed by atoms with Gasteiger partial charge in [0, 0.05) is 18.8 Å². The summed E-state index contributed by atoms with van der Waals surface area (Å²) in [5, 5.41) is 1.29. The lowest BCUT2D eigenvalue weighted by Gasteiger charge is -2.39. The maximum Gasteiger partial charge on any atom is 0.429 e. The molecule has 1 unspecified atom stereocenters. The van der Waals surface area contributed by atoms with E-state index in [-0.39, 0.29) is 19.3 Å². The molecule has 0 aromatic heterocycles. The number of hydrogen-bond donors (Lipinski definition) is 1. The van der Waals surface area contributed by atoms with Crippen LogP contribution in [0.3, 0.4) is 0 Å². The van der Waals surface area contributed by atoms with E-state index in [1.165, 1.54) is 5.01 Å². The van der Waals surface area contributed by atoms with E-state index in [2.05, 4.69) is 34.6 Å². The van der Waals surface area contributed by atoms with Gasteiger partial charge in [0.15, 0.2) is 0 Å². The van der Waals surface area contributed by atoms with E-state index in [9.17, 15) is 9.59 Å². The molecule has 1 aliphatic heterocycles. The van der Waals surface area contributed by atoms with E-state index in [0.29, 0.717) is 13.0 Å². The molecule has 0 radical (unpaired) electrons. The molecule has 4 aromatic rings. The zero-order chi connectivity index (χ0) is 29.1. The second kappa shape index (κ2) is 14.1. The van der Waals surface area contributed by atoms with Gasteiger partial charge in [0.25, 0.3) is 0 Å². The molecular weight excluding hydrogens is 530 g/mol. The van der Waals surface area contributed by atoms with Gasteiger partial charge < -0.3 is 19.1 Å². The first-order valence-corrected chi connectivity index (χ1v) is 14.1. The summed E-state index contributed by atoms with van der Waals surface area (Å²) in [6, 6.07) is 34.9. The van der Waals surface area contributed by atoms with Crippen molar-refractivity contribution in [2.45, 2.75) is 32.1 Å². The van der Waals surface area contributed by atoms with E-state index in [1.54, 1.807) is 7.11 Å². The number of hydrogen-bond acceptors (Lipinski definition) is 6. The molecule has 1 N–H and O–H groups in total. The van der Waals surface area contributed by atoms with Crippen molar-refractivity contribution in [2.75, 3.05) is 25.1 Å². The Morgan fingerprint density at radius 2 is 1.36 bits per heavy atom. The van der Waals surface area contributed by atoms with Gasteiger partial charge in [-0.25, -0.2) is 20.0 Å². The fourth-order valence-electron chi connectivity index (χ4n) is 4.98. The van der Waals surface area contributed by atoms with Gasteiger partial charge in [-0.3, -0.25) is 0 Å². The summed E-state index contributed by atoms with van der Waals surface area (Å²) in [4.78, 5) is 28.4. The van der Waals surface area contributed by atoms with Gasteiger partial charge in [0.05, 0.1) is 13.2 Å². The second-order valence-corrected chi connectivity index (χ2v) is 10.1. The average Bonchev–Trinajstić information content (AvgIpc) is 3.06. The van der Waals surface area contributed by atoms with Crippen molar-refractivity contribution in [2.24, 2.45) is 0 Å². The van der Waals surface area contributed by atoms with Crippen molar-refractivity contribution < 1.29 is 23.8 Å². The third kappa shape index (κ3) is 7.60. The number of benzene rings is 4. The molecule has 4 aromatic carbocycles. The molecule has 1 saturated heterocycles. The van der Waals surface area contributed by atoms with E-state index in [1.807, 2.05) is 84.9 Å². The standard InChI is InChI=1S/C34H35N3O5/c1-40-32-20-16-29(17-21-32)28-14-18-30(19-15-28)36-22-8-13-31(23-36)37(34(39)42-25-27-11-6-3-7-12-27)35-33(38)41-24-26-9-4-2-5-10-26/h2-7,9-12,14-21,31H,8,13,22-25H2,1H3,(H,35,38). The van der Waals surface area contributed by atoms with Crippen LogP contribution in [0.2, 0.25) is 0 Å². The first-order chi connectivity index (χ1) is 20.6. The lowest BCUT2D eigenvalue weighted by Crippen LogP contribution is -2.57. The molecule has 0 saturated carbocycles. The molecular formula is C34H35N3O5. The van der Waals surface area contributed by atoms with Crippen LogP contribution in [0.4, 0.5) is 15.3 Å². The largest absolute Gasteiger partial charge is 0.497 e. The highest BCUT2D eigenvalue weighted by Gasteiger charge is 2.32. The van der Waals surface area contributed by atoms with Crippen LogP contribution in [0.25, 0.3) is 11.1 Å². The number of nitrogens with zero attached hydrogens (tertiary/aromatic N) is 2. The van der Waals surface area contributed by atoms with Crippen LogP contribution in [0.5, 0.6) is 5.75 Å². The maximum absolute atomic E-state index is 13.3. The highest BCUT2D eigenvalue weighted by atomic mass is 16.6. The summed E-state index contributed by atoms with van der Waals surface area (Å²) in [7, 11) is 1.66. The van der Waals surface area contributed by atoms with Gasteiger partial charge in [-0.05, 0) is 59.4 Å². The Bertz CT molecular complexity index is 1430. The monoisotopic (exact) mass is 565 g/mol. The molecule has 1 atom stereocenters. The number of hydrazine groups is 1. The molecule has 0 bridgehead atoms. The molecule has 1 heterocycles. The Kier molecular flexibility index (Phi) is 9.57. The van der Waals surface area contributed by atoms with Gasteiger partial charge in [0.2, 0.25) is 0 Å². The number of rotatable bonds is 8. The first-order valence-electron chi connectivity index (χ1n) is 14.1. The minimum absolute atomic E-state index is 0.0942. The number of nitrogens with one attached hydrogen (secondary N) is 1. The minimum Gasteiger partial charge on any atom is -0.497 e. The van der Waals surface area contributed by atoms with Crippen LogP contribution >= 0.6 is 0 Å². The van der Waals surface area contributed by atoms with E-state index in [4.69, 9.17) is 14.2 Å². The van der Waals surface area contributed by atoms with Crippen molar-refractivity contribution in [3.05, 3.63) is 120 Å². The zero-order valence-electron chi connectivity index (χ0n) is 23.6. The van der Waals surface area contributed by atoms with Crippen LogP contribution < -0.4 is 15.1 Å². The summed E-state index contributed by atoms with van der Waals surface area (Å²) in [5.41, 5.74) is 7.63. The third-order valence-corrected chi connectivity index (χ3v) is 7.24. The summed E-state index contributed by atoms with van der Waals surface area (Å²) >= 11 is 0. The normalized spacial score (nSPS) is 14.5. The molecule has 8 nitrogen and oxygen atoms in total. The SMILES string of the molecule is COc1ccc(-c2ccc(N3CCCC(N(NC(=O)OCc4ccccc4)C(=O)OCc4ccccc4)C3)cc2)cc1. The quantitative estimate of drug-likeness (QED) is 0.237. The van der Waals surface area contributed by atoms with Crippen LogP contribution in [-0.4, -0.2) is 43.4 Å². The van der Waals surface area contributed by atoms with Gasteiger partial charge >= 0.3 is 12.2 Å². The number of anilines is 1. The predicted molar refractivity (Wildman–Crippen MR) is 162 cm³/mol. The summed E-state index contributed by atoms with van der Waals surface area (Å²) in [6.45, 7) is 1.56. The fraction of sp³-hybridized carbons (Fsp3) is 0.235. The summed E-state index contributed by atoms with van der Waals surface area (Å²) < 4.78 is 16.3. The van der Waals surface area contributed by atoms with E-state index >= 15 is 0 Å². The fourth-order valence-corrected chi connectivity index (χ4v) is 4.98. The van der Waals surface area contributed by atoms with Gasteiger partial charge in [0.1, 0.15) is 19.0 Å². The van der Waals surface area contributed by atoms with Crippen LogP contribution in [0, 0.1) is 0 Å². The zero-order valence-corrected chi connectivity index (χ0v) is 23.6. The Morgan fingerprint density at radius 3 is 1.95 bits per heavy atom. The van der Waals surface area contributed by atoms with Crippen LogP contribution in [0.15, 0.2) is 109 Å². The summed E-state index contributed by atoms with van der Waals surface area (Å²) in [6.07, 6.45) is 0.210. The van der Waals surface area contributed by atoms with Crippen molar-refractivity contribution in [1.82, 2.24) is 10.4 Å². The highest BCUT2D eigenvalue weighted by molar-refractivity contribution is 5.74. The Balaban J connectivity index is 1.27. The van der Waals surface area contributed by atoms with Crippen molar-refractivity contribution in [3.63, 3.8) is 0 Å². The maximum atomic E-state index is 13.3. The molecule has 0 spiro atoms. The average molecular weight is 566 g/mol. The number of methoxy groups -OCH3 is 1. The smallest absolute Gasteiger partial charge is 0.429 e. The Hall–Kier alpha value is -4.98. The minimum atomic E-state index is -0.712. The van der Waals surface area contributed by atoms with Gasteiger partial charge in [-0.1, -0.05) is 84.9 Å². The molecule has 42 heavy (non-hydrogen) atoms. The molecule has 0 aliphatic carbocycles. The number of amides is 2. The number of carbonyl (C=O) groups is 2. The topological polar surface area (TPSA) is 80.3 Å². The lowest BCUT2D eigenvalue weighted by atomic mass is 10.0. The molecule has 5 rings (SSSR count). The Morgan fingerprint density at radius 1 is 0.786 bits per heavy atom. The Labute approximate surface area is 246 Å². The second-order valence-electron chi connectivity index (χ2n) is 10.1. The van der Waals surface area contributed by atoms with Crippen LogP contribution in [0.1, 0.15) is 24.0 Å². The molecule has 1 fully saturated rings. The third-order valence-electron chi connectivity index (χ3n) is 7.24. The number of carbonyl (C=O) groups excluding carboxylic acids is 2. The number of piperidine rings is 1. The van der Waals surface area contributed by atoms with Crippen LogP contribution in [-0.2, 0) is 22.7 Å². The summed E-state index contributed by atoms with van der Waals surface area (Å²) in [5.74, 6) is 0.819. The molecule has 216 valence electrons. The van der Waals surface area contributed by atoms with Crippen molar-refractivity contribution in [1.29, 1.82) is 0 Å². The van der Waals surface area contributed by atoms with Crippen molar-refractivity contribution in [3.8, 4) is 16.9 Å². The molecule has 8 heteroatoms. The first kappa shape index (κ1) is 28.5. The lowest BCUT2D eigenvalue weighted by molar-refractivity contribution is 0.0432. The molecule has 2 amide bonds. The highest BCUT2D eigenvalue weighted by Crippen LogP contribution is 2.27. The van der Waals surface area contributed by atoms with E-state index < -0.39 is 12.2 Å². The van der Waals surface area contributed by atoms with Gasteiger partial charge in [-0.2, -0.15) is 0 Å².